The van der Waals surface area contributed by atoms with Gasteiger partial charge >= 0.3 is 0 Å². The summed E-state index contributed by atoms with van der Waals surface area (Å²) in [5.74, 6) is 0. The first-order valence-electron chi connectivity index (χ1n) is 15.4. The fourth-order valence-corrected chi connectivity index (χ4v) is 6.96. The van der Waals surface area contributed by atoms with E-state index in [1.54, 1.807) is 0 Å². The molecule has 9 aromatic rings. The third-order valence-corrected chi connectivity index (χ3v) is 9.10. The Labute approximate surface area is 261 Å². The first kappa shape index (κ1) is 25.7. The molecule has 0 radical (unpaired) electrons. The maximum Gasteiger partial charge on any atom is 0.0979 e. The van der Waals surface area contributed by atoms with Gasteiger partial charge in [-0.05, 0) is 84.3 Å². The average molecular weight is 576 g/mol. The highest BCUT2D eigenvalue weighted by atomic mass is 15.0. The highest BCUT2D eigenvalue weighted by Crippen LogP contribution is 2.37. The molecule has 2 aromatic heterocycles. The summed E-state index contributed by atoms with van der Waals surface area (Å²) in [4.78, 5) is 10.3. The Bertz CT molecular complexity index is 2610. The van der Waals surface area contributed by atoms with Crippen LogP contribution in [0.15, 0.2) is 140 Å². The summed E-state index contributed by atoms with van der Waals surface area (Å²) in [5.41, 5.74) is 12.2. The van der Waals surface area contributed by atoms with Gasteiger partial charge in [0, 0.05) is 32.8 Å². The second-order valence-corrected chi connectivity index (χ2v) is 12.1. The first-order valence-corrected chi connectivity index (χ1v) is 15.4. The van der Waals surface area contributed by atoms with Crippen molar-refractivity contribution in [3.05, 3.63) is 151 Å². The molecule has 0 bridgehead atoms. The van der Waals surface area contributed by atoms with Crippen molar-refractivity contribution in [2.24, 2.45) is 0 Å². The predicted octanol–water partition coefficient (Wildman–Crippen LogP) is 11.0. The Hall–Kier alpha value is -5.80. The van der Waals surface area contributed by atoms with Crippen molar-refractivity contribution in [1.29, 1.82) is 0 Å². The van der Waals surface area contributed by atoms with Crippen LogP contribution < -0.4 is 0 Å². The van der Waals surface area contributed by atoms with Crippen LogP contribution in [0, 0.1) is 13.8 Å². The SMILES string of the molecule is Cc1ccc2c3ccc(C)cc3c3nc(-c4cccc(-c5ccc6c(c5)c5ccccc5n6-c5ccccc5)c4)cnc3c2c1. The van der Waals surface area contributed by atoms with E-state index in [2.05, 4.69) is 152 Å². The highest BCUT2D eigenvalue weighted by molar-refractivity contribution is 6.23. The number of hydrogen-bond donors (Lipinski definition) is 0. The van der Waals surface area contributed by atoms with Crippen LogP contribution in [0.5, 0.6) is 0 Å². The second kappa shape index (κ2) is 9.87. The largest absolute Gasteiger partial charge is 0.309 e. The van der Waals surface area contributed by atoms with Crippen LogP contribution in [0.3, 0.4) is 0 Å². The summed E-state index contributed by atoms with van der Waals surface area (Å²) in [7, 11) is 0. The molecule has 0 saturated heterocycles. The van der Waals surface area contributed by atoms with Crippen LogP contribution in [0.25, 0.3) is 82.5 Å². The van der Waals surface area contributed by atoms with E-state index in [0.29, 0.717) is 0 Å². The maximum absolute atomic E-state index is 5.29. The molecule has 0 unspecified atom stereocenters. The van der Waals surface area contributed by atoms with Crippen molar-refractivity contribution >= 4 is 54.4 Å². The number of fused-ring (bicyclic) bond motifs is 9. The number of aryl methyl sites for hydroxylation is 2. The van der Waals surface area contributed by atoms with E-state index < -0.39 is 0 Å². The normalized spacial score (nSPS) is 11.8. The number of nitrogens with zero attached hydrogens (tertiary/aromatic N) is 3. The van der Waals surface area contributed by atoms with Gasteiger partial charge in [-0.3, -0.25) is 4.98 Å². The van der Waals surface area contributed by atoms with Gasteiger partial charge < -0.3 is 4.57 Å². The van der Waals surface area contributed by atoms with Crippen molar-refractivity contribution in [1.82, 2.24) is 14.5 Å². The number of hydrogen-bond acceptors (Lipinski definition) is 2. The molecule has 212 valence electrons. The molecule has 45 heavy (non-hydrogen) atoms. The molecule has 0 atom stereocenters. The lowest BCUT2D eigenvalue weighted by Crippen LogP contribution is -1.93. The van der Waals surface area contributed by atoms with Gasteiger partial charge in [-0.2, -0.15) is 0 Å². The van der Waals surface area contributed by atoms with Gasteiger partial charge in [-0.25, -0.2) is 4.98 Å². The summed E-state index contributed by atoms with van der Waals surface area (Å²) in [6, 6.07) is 48.0. The third kappa shape index (κ3) is 4.05. The smallest absolute Gasteiger partial charge is 0.0979 e. The lowest BCUT2D eigenvalue weighted by molar-refractivity contribution is 1.18. The molecule has 7 aromatic carbocycles. The van der Waals surface area contributed by atoms with Gasteiger partial charge in [0.15, 0.2) is 0 Å². The van der Waals surface area contributed by atoms with E-state index in [1.165, 1.54) is 55.0 Å². The molecular formula is C42H29N3. The molecule has 2 heterocycles. The van der Waals surface area contributed by atoms with Crippen LogP contribution in [0.2, 0.25) is 0 Å². The van der Waals surface area contributed by atoms with Gasteiger partial charge in [0.25, 0.3) is 0 Å². The maximum atomic E-state index is 5.29. The molecule has 0 aliphatic heterocycles. The van der Waals surface area contributed by atoms with Gasteiger partial charge in [0.1, 0.15) is 0 Å². The number of aromatic nitrogens is 3. The number of benzene rings is 7. The zero-order valence-corrected chi connectivity index (χ0v) is 25.1. The molecule has 0 aliphatic rings. The lowest BCUT2D eigenvalue weighted by Gasteiger charge is -2.12. The van der Waals surface area contributed by atoms with Crippen LogP contribution in [-0.4, -0.2) is 14.5 Å². The fraction of sp³-hybridized carbons (Fsp3) is 0.0476. The van der Waals surface area contributed by atoms with Gasteiger partial charge in [0.2, 0.25) is 0 Å². The minimum Gasteiger partial charge on any atom is -0.309 e. The molecule has 0 spiro atoms. The van der Waals surface area contributed by atoms with Gasteiger partial charge in [0.05, 0.1) is 34.0 Å². The van der Waals surface area contributed by atoms with E-state index in [0.717, 1.165) is 38.6 Å². The molecule has 3 heteroatoms. The summed E-state index contributed by atoms with van der Waals surface area (Å²) >= 11 is 0. The highest BCUT2D eigenvalue weighted by Gasteiger charge is 2.15. The minimum absolute atomic E-state index is 0.876. The molecular weight excluding hydrogens is 546 g/mol. The Kier molecular flexibility index (Phi) is 5.63. The third-order valence-electron chi connectivity index (χ3n) is 9.10. The van der Waals surface area contributed by atoms with E-state index in [9.17, 15) is 0 Å². The lowest BCUT2D eigenvalue weighted by atomic mass is 9.96. The second-order valence-electron chi connectivity index (χ2n) is 12.1. The first-order chi connectivity index (χ1) is 22.1. The summed E-state index contributed by atoms with van der Waals surface area (Å²) in [6.07, 6.45) is 1.93. The quantitative estimate of drug-likeness (QED) is 0.196. The van der Waals surface area contributed by atoms with Crippen molar-refractivity contribution in [2.75, 3.05) is 0 Å². The zero-order valence-electron chi connectivity index (χ0n) is 25.1. The Balaban J connectivity index is 1.21. The fourth-order valence-electron chi connectivity index (χ4n) is 6.96. The summed E-state index contributed by atoms with van der Waals surface area (Å²) in [6.45, 7) is 4.27. The Morgan fingerprint density at radius 1 is 0.444 bits per heavy atom. The van der Waals surface area contributed by atoms with Crippen molar-refractivity contribution in [2.45, 2.75) is 13.8 Å². The molecule has 3 nitrogen and oxygen atoms in total. The van der Waals surface area contributed by atoms with E-state index in [1.807, 2.05) is 6.20 Å². The topological polar surface area (TPSA) is 30.7 Å². The van der Waals surface area contributed by atoms with Crippen molar-refractivity contribution < 1.29 is 0 Å². The monoisotopic (exact) mass is 575 g/mol. The van der Waals surface area contributed by atoms with Crippen LogP contribution in [0.1, 0.15) is 11.1 Å². The van der Waals surface area contributed by atoms with E-state index in [4.69, 9.17) is 9.97 Å². The Morgan fingerprint density at radius 2 is 1.11 bits per heavy atom. The Morgan fingerprint density at radius 3 is 1.91 bits per heavy atom. The molecule has 0 saturated carbocycles. The molecule has 0 N–H and O–H groups in total. The summed E-state index contributed by atoms with van der Waals surface area (Å²) in [5, 5.41) is 7.22. The minimum atomic E-state index is 0.876. The van der Waals surface area contributed by atoms with Crippen molar-refractivity contribution in [3.8, 4) is 28.1 Å². The van der Waals surface area contributed by atoms with Gasteiger partial charge in [-0.15, -0.1) is 0 Å². The van der Waals surface area contributed by atoms with E-state index in [-0.39, 0.29) is 0 Å². The van der Waals surface area contributed by atoms with E-state index >= 15 is 0 Å². The molecule has 0 aliphatic carbocycles. The number of para-hydroxylation sites is 2. The zero-order chi connectivity index (χ0) is 30.1. The number of rotatable bonds is 3. The standard InChI is InChI=1S/C42H29N3/c1-26-15-18-32-33-19-16-27(2)22-37(33)42-41(36(32)21-26)43-25-38(44-42)30-10-8-9-28(23-30)29-17-20-40-35(24-29)34-13-6-7-14-39(34)45(40)31-11-4-3-5-12-31/h3-25H,1-2H3. The van der Waals surface area contributed by atoms with Crippen LogP contribution in [-0.2, 0) is 0 Å². The molecule has 9 rings (SSSR count). The molecule has 0 fully saturated rings. The average Bonchev–Trinajstić information content (AvgIpc) is 3.42. The van der Waals surface area contributed by atoms with Crippen LogP contribution >= 0.6 is 0 Å². The van der Waals surface area contributed by atoms with Gasteiger partial charge in [-0.1, -0.05) is 96.1 Å². The predicted molar refractivity (Wildman–Crippen MR) is 189 cm³/mol. The summed E-state index contributed by atoms with van der Waals surface area (Å²) < 4.78 is 2.35. The van der Waals surface area contributed by atoms with Crippen LogP contribution in [0.4, 0.5) is 0 Å². The van der Waals surface area contributed by atoms with Crippen molar-refractivity contribution in [3.63, 3.8) is 0 Å². The molecule has 0 amide bonds.